The largest absolute Gasteiger partial charge is 0.415 e. The summed E-state index contributed by atoms with van der Waals surface area (Å²) in [6.07, 6.45) is 0. The third-order valence-electron chi connectivity index (χ3n) is 1.94. The zero-order chi connectivity index (χ0) is 9.90. The normalized spacial score (nSPS) is 17.7. The highest BCUT2D eigenvalue weighted by atomic mass is 16.6. The summed E-state index contributed by atoms with van der Waals surface area (Å²) >= 11 is 0. The van der Waals surface area contributed by atoms with Crippen molar-refractivity contribution < 1.29 is 23.5 Å². The van der Waals surface area contributed by atoms with Gasteiger partial charge >= 0.3 is 11.9 Å². The van der Waals surface area contributed by atoms with Crippen molar-refractivity contribution in [2.45, 2.75) is 13.8 Å². The van der Waals surface area contributed by atoms with Crippen molar-refractivity contribution in [3.8, 4) is 0 Å². The molecule has 0 radical (unpaired) electrons. The second-order valence-corrected chi connectivity index (χ2v) is 3.32. The molecule has 0 aliphatic carbocycles. The van der Waals surface area contributed by atoms with Crippen LogP contribution in [0, 0.1) is 0 Å². The standard InChI is InChI=1S/C8H14NO4/c1-7(10)12-5-9(3-4-9)6-13-8(2)11/h3-6H2,1-2H3/q+1. The fraction of sp³-hybridized carbons (Fsp3) is 0.750. The van der Waals surface area contributed by atoms with E-state index in [-0.39, 0.29) is 11.9 Å². The van der Waals surface area contributed by atoms with Crippen molar-refractivity contribution in [3.05, 3.63) is 0 Å². The van der Waals surface area contributed by atoms with Crippen LogP contribution in [0.1, 0.15) is 13.8 Å². The van der Waals surface area contributed by atoms with Crippen LogP contribution >= 0.6 is 0 Å². The van der Waals surface area contributed by atoms with E-state index in [1.807, 2.05) is 0 Å². The van der Waals surface area contributed by atoms with Gasteiger partial charge in [-0.2, -0.15) is 0 Å². The maximum atomic E-state index is 10.5. The van der Waals surface area contributed by atoms with Crippen molar-refractivity contribution in [2.24, 2.45) is 0 Å². The van der Waals surface area contributed by atoms with Gasteiger partial charge in [0, 0.05) is 13.8 Å². The molecule has 0 atom stereocenters. The summed E-state index contributed by atoms with van der Waals surface area (Å²) in [5, 5.41) is 0. The van der Waals surface area contributed by atoms with Crippen LogP contribution in [0.2, 0.25) is 0 Å². The molecular weight excluding hydrogens is 174 g/mol. The zero-order valence-corrected chi connectivity index (χ0v) is 7.91. The molecule has 0 spiro atoms. The fourth-order valence-corrected chi connectivity index (χ4v) is 0.893. The van der Waals surface area contributed by atoms with E-state index >= 15 is 0 Å². The Morgan fingerprint density at radius 3 is 1.69 bits per heavy atom. The number of esters is 2. The lowest BCUT2D eigenvalue weighted by Gasteiger charge is -2.16. The van der Waals surface area contributed by atoms with E-state index < -0.39 is 0 Å². The minimum absolute atomic E-state index is 0.299. The first kappa shape index (κ1) is 9.98. The summed E-state index contributed by atoms with van der Waals surface area (Å²) in [5.41, 5.74) is 0. The van der Waals surface area contributed by atoms with Gasteiger partial charge in [0.05, 0.1) is 0 Å². The molecule has 0 amide bonds. The molecule has 0 bridgehead atoms. The Labute approximate surface area is 76.8 Å². The van der Waals surface area contributed by atoms with Gasteiger partial charge in [0.2, 0.25) is 13.5 Å². The smallest absolute Gasteiger partial charge is 0.306 e. The molecular formula is C8H14NO4+. The molecule has 5 heteroatoms. The maximum absolute atomic E-state index is 10.5. The van der Waals surface area contributed by atoms with Crippen LogP contribution in [0.25, 0.3) is 0 Å². The molecule has 0 aromatic rings. The van der Waals surface area contributed by atoms with Gasteiger partial charge in [0.15, 0.2) is 0 Å². The number of carbonyl (C=O) groups is 2. The monoisotopic (exact) mass is 188 g/mol. The first-order valence-electron chi connectivity index (χ1n) is 4.16. The summed E-state index contributed by atoms with van der Waals surface area (Å²) in [7, 11) is 0. The van der Waals surface area contributed by atoms with Gasteiger partial charge in [-0.25, -0.2) is 4.48 Å². The Kier molecular flexibility index (Phi) is 2.87. The number of quaternary nitrogens is 1. The number of rotatable bonds is 4. The second-order valence-electron chi connectivity index (χ2n) is 3.32. The van der Waals surface area contributed by atoms with Gasteiger partial charge in [-0.15, -0.1) is 0 Å². The Bertz CT molecular complexity index is 202. The first-order valence-corrected chi connectivity index (χ1v) is 4.16. The summed E-state index contributed by atoms with van der Waals surface area (Å²) < 4.78 is 10.2. The number of carbonyl (C=O) groups excluding carboxylic acids is 2. The highest BCUT2D eigenvalue weighted by molar-refractivity contribution is 5.66. The Balaban J connectivity index is 2.22. The lowest BCUT2D eigenvalue weighted by Crippen LogP contribution is -2.33. The lowest BCUT2D eigenvalue weighted by atomic mass is 10.8. The summed E-state index contributed by atoms with van der Waals surface area (Å²) in [4.78, 5) is 21.0. The quantitative estimate of drug-likeness (QED) is 0.350. The van der Waals surface area contributed by atoms with Crippen molar-refractivity contribution in [3.63, 3.8) is 0 Å². The molecule has 0 saturated carbocycles. The summed E-state index contributed by atoms with van der Waals surface area (Å²) in [6.45, 7) is 5.16. The third kappa shape index (κ3) is 3.42. The number of hydrogen-bond donors (Lipinski definition) is 0. The van der Waals surface area contributed by atoms with Crippen molar-refractivity contribution in [2.75, 3.05) is 26.6 Å². The topological polar surface area (TPSA) is 52.6 Å². The fourth-order valence-electron chi connectivity index (χ4n) is 0.893. The molecule has 1 aliphatic heterocycles. The van der Waals surface area contributed by atoms with Gasteiger partial charge in [0.1, 0.15) is 13.1 Å². The average molecular weight is 188 g/mol. The molecule has 0 aromatic carbocycles. The molecule has 0 N–H and O–H groups in total. The molecule has 74 valence electrons. The van der Waals surface area contributed by atoms with Crippen LogP contribution in [0.5, 0.6) is 0 Å². The van der Waals surface area contributed by atoms with E-state index in [0.717, 1.165) is 13.1 Å². The SMILES string of the molecule is CC(=O)OC[N+]1(COC(C)=O)CC1. The van der Waals surface area contributed by atoms with Crippen molar-refractivity contribution >= 4 is 11.9 Å². The second kappa shape index (κ2) is 3.74. The van der Waals surface area contributed by atoms with Gasteiger partial charge in [-0.3, -0.25) is 9.59 Å². The van der Waals surface area contributed by atoms with Gasteiger partial charge in [0.25, 0.3) is 0 Å². The zero-order valence-electron chi connectivity index (χ0n) is 7.91. The molecule has 1 saturated heterocycles. The van der Waals surface area contributed by atoms with Crippen LogP contribution in [0.3, 0.4) is 0 Å². The highest BCUT2D eigenvalue weighted by Gasteiger charge is 2.44. The van der Waals surface area contributed by atoms with E-state index in [1.54, 1.807) is 0 Å². The Hall–Kier alpha value is -1.10. The van der Waals surface area contributed by atoms with Gasteiger partial charge in [-0.05, 0) is 0 Å². The van der Waals surface area contributed by atoms with Crippen molar-refractivity contribution in [1.82, 2.24) is 0 Å². The molecule has 0 aromatic heterocycles. The molecule has 0 unspecified atom stereocenters. The van der Waals surface area contributed by atoms with Crippen LogP contribution in [0.15, 0.2) is 0 Å². The minimum Gasteiger partial charge on any atom is -0.415 e. The van der Waals surface area contributed by atoms with E-state index in [1.165, 1.54) is 13.8 Å². The summed E-state index contributed by atoms with van der Waals surface area (Å²) in [6, 6.07) is 0. The molecule has 1 aliphatic rings. The minimum atomic E-state index is -0.299. The van der Waals surface area contributed by atoms with Gasteiger partial charge < -0.3 is 9.47 Å². The Morgan fingerprint density at radius 2 is 1.46 bits per heavy atom. The predicted octanol–water partition coefficient (Wildman–Crippen LogP) is -0.142. The maximum Gasteiger partial charge on any atom is 0.306 e. The summed E-state index contributed by atoms with van der Waals surface area (Å²) in [5.74, 6) is -0.598. The van der Waals surface area contributed by atoms with Crippen LogP contribution in [-0.4, -0.2) is 43.0 Å². The molecule has 1 fully saturated rings. The third-order valence-corrected chi connectivity index (χ3v) is 1.94. The number of hydrogen-bond acceptors (Lipinski definition) is 4. The number of nitrogens with zero attached hydrogens (tertiary/aromatic N) is 1. The van der Waals surface area contributed by atoms with E-state index in [0.29, 0.717) is 17.9 Å². The van der Waals surface area contributed by atoms with Gasteiger partial charge in [-0.1, -0.05) is 0 Å². The molecule has 1 heterocycles. The molecule has 13 heavy (non-hydrogen) atoms. The van der Waals surface area contributed by atoms with Crippen LogP contribution in [-0.2, 0) is 19.1 Å². The van der Waals surface area contributed by atoms with E-state index in [4.69, 9.17) is 9.47 Å². The lowest BCUT2D eigenvalue weighted by molar-refractivity contribution is -0.838. The van der Waals surface area contributed by atoms with Crippen LogP contribution < -0.4 is 0 Å². The van der Waals surface area contributed by atoms with E-state index in [9.17, 15) is 9.59 Å². The highest BCUT2D eigenvalue weighted by Crippen LogP contribution is 2.20. The first-order chi connectivity index (χ1) is 6.04. The number of ether oxygens (including phenoxy) is 2. The molecule has 5 nitrogen and oxygen atoms in total. The Morgan fingerprint density at radius 1 is 1.08 bits per heavy atom. The van der Waals surface area contributed by atoms with E-state index in [2.05, 4.69) is 0 Å². The molecule has 1 rings (SSSR count). The van der Waals surface area contributed by atoms with Crippen molar-refractivity contribution in [1.29, 1.82) is 0 Å². The predicted molar refractivity (Wildman–Crippen MR) is 43.3 cm³/mol. The van der Waals surface area contributed by atoms with Crippen LogP contribution in [0.4, 0.5) is 0 Å². The average Bonchev–Trinajstić information content (AvgIpc) is 2.78.